The van der Waals surface area contributed by atoms with Gasteiger partial charge in [-0.15, -0.1) is 12.6 Å². The third kappa shape index (κ3) is 1.77. The van der Waals surface area contributed by atoms with Crippen LogP contribution in [0.1, 0.15) is 5.56 Å². The molecule has 0 spiro atoms. The van der Waals surface area contributed by atoms with E-state index in [2.05, 4.69) is 41.7 Å². The van der Waals surface area contributed by atoms with Gasteiger partial charge in [-0.05, 0) is 18.6 Å². The SMILES string of the molecule is Cc1cccc2c(-c3ccccc3S)ncnc12. The van der Waals surface area contributed by atoms with Crippen LogP contribution in [0.3, 0.4) is 0 Å². The Morgan fingerprint density at radius 1 is 0.944 bits per heavy atom. The molecule has 0 aliphatic heterocycles. The first kappa shape index (κ1) is 11.2. The summed E-state index contributed by atoms with van der Waals surface area (Å²) in [6, 6.07) is 14.1. The highest BCUT2D eigenvalue weighted by Gasteiger charge is 2.09. The van der Waals surface area contributed by atoms with Gasteiger partial charge in [0, 0.05) is 15.8 Å². The van der Waals surface area contributed by atoms with Crippen LogP contribution in [0, 0.1) is 6.92 Å². The second kappa shape index (κ2) is 4.42. The van der Waals surface area contributed by atoms with E-state index in [-0.39, 0.29) is 0 Å². The minimum absolute atomic E-state index is 0.930. The largest absolute Gasteiger partial charge is 0.236 e. The summed E-state index contributed by atoms with van der Waals surface area (Å²) >= 11 is 4.50. The Bertz CT molecular complexity index is 723. The van der Waals surface area contributed by atoms with Crippen LogP contribution in [-0.2, 0) is 0 Å². The number of aromatic nitrogens is 2. The molecule has 1 aromatic heterocycles. The molecule has 0 amide bonds. The van der Waals surface area contributed by atoms with Crippen LogP contribution >= 0.6 is 12.6 Å². The average molecular weight is 252 g/mol. The molecule has 3 heteroatoms. The zero-order valence-electron chi connectivity index (χ0n) is 9.96. The highest BCUT2D eigenvalue weighted by atomic mass is 32.1. The molecule has 0 aliphatic carbocycles. The highest BCUT2D eigenvalue weighted by molar-refractivity contribution is 7.80. The maximum Gasteiger partial charge on any atom is 0.116 e. The van der Waals surface area contributed by atoms with E-state index >= 15 is 0 Å². The maximum atomic E-state index is 4.50. The van der Waals surface area contributed by atoms with Crippen molar-refractivity contribution in [1.82, 2.24) is 9.97 Å². The Hall–Kier alpha value is -1.87. The molecular formula is C15H12N2S. The maximum absolute atomic E-state index is 4.50. The minimum atomic E-state index is 0.930. The Balaban J connectivity index is 2.37. The van der Waals surface area contributed by atoms with Gasteiger partial charge in [-0.3, -0.25) is 0 Å². The molecule has 0 saturated carbocycles. The topological polar surface area (TPSA) is 25.8 Å². The van der Waals surface area contributed by atoms with Gasteiger partial charge in [-0.25, -0.2) is 9.97 Å². The van der Waals surface area contributed by atoms with Crippen molar-refractivity contribution in [3.63, 3.8) is 0 Å². The van der Waals surface area contributed by atoms with Crippen LogP contribution in [0.2, 0.25) is 0 Å². The van der Waals surface area contributed by atoms with Gasteiger partial charge in [0.25, 0.3) is 0 Å². The number of para-hydroxylation sites is 1. The standard InChI is InChI=1S/C15H12N2S/c1-10-5-4-7-12-14(10)16-9-17-15(12)11-6-2-3-8-13(11)18/h2-9,18H,1H3. The summed E-state index contributed by atoms with van der Waals surface area (Å²) in [6.07, 6.45) is 1.62. The lowest BCUT2D eigenvalue weighted by Gasteiger charge is -2.08. The summed E-state index contributed by atoms with van der Waals surface area (Å²) in [4.78, 5) is 9.71. The number of hydrogen-bond donors (Lipinski definition) is 1. The van der Waals surface area contributed by atoms with Crippen LogP contribution < -0.4 is 0 Å². The molecule has 0 unspecified atom stereocenters. The summed E-state index contributed by atoms with van der Waals surface area (Å²) in [5.74, 6) is 0. The third-order valence-corrected chi connectivity index (χ3v) is 3.42. The van der Waals surface area contributed by atoms with Gasteiger partial charge >= 0.3 is 0 Å². The molecule has 0 fully saturated rings. The third-order valence-electron chi connectivity index (χ3n) is 3.03. The Morgan fingerprint density at radius 3 is 2.61 bits per heavy atom. The molecule has 18 heavy (non-hydrogen) atoms. The molecule has 0 N–H and O–H groups in total. The second-order valence-electron chi connectivity index (χ2n) is 4.21. The molecule has 2 aromatic carbocycles. The Morgan fingerprint density at radius 2 is 1.78 bits per heavy atom. The molecule has 0 atom stereocenters. The highest BCUT2D eigenvalue weighted by Crippen LogP contribution is 2.30. The van der Waals surface area contributed by atoms with Crippen molar-refractivity contribution in [2.75, 3.05) is 0 Å². The molecule has 1 heterocycles. The monoisotopic (exact) mass is 252 g/mol. The summed E-state index contributed by atoms with van der Waals surface area (Å²) in [7, 11) is 0. The van der Waals surface area contributed by atoms with Gasteiger partial charge in [0.2, 0.25) is 0 Å². The van der Waals surface area contributed by atoms with Crippen molar-refractivity contribution in [2.24, 2.45) is 0 Å². The number of benzene rings is 2. The van der Waals surface area contributed by atoms with Crippen molar-refractivity contribution < 1.29 is 0 Å². The molecular weight excluding hydrogens is 240 g/mol. The molecule has 0 saturated heterocycles. The van der Waals surface area contributed by atoms with Crippen LogP contribution in [0.25, 0.3) is 22.2 Å². The van der Waals surface area contributed by atoms with Gasteiger partial charge in [0.1, 0.15) is 6.33 Å². The smallest absolute Gasteiger partial charge is 0.116 e. The van der Waals surface area contributed by atoms with E-state index in [4.69, 9.17) is 0 Å². The number of nitrogens with zero attached hydrogens (tertiary/aromatic N) is 2. The van der Waals surface area contributed by atoms with Crippen LogP contribution in [0.4, 0.5) is 0 Å². The fourth-order valence-electron chi connectivity index (χ4n) is 2.12. The predicted octanol–water partition coefficient (Wildman–Crippen LogP) is 3.89. The van der Waals surface area contributed by atoms with Crippen molar-refractivity contribution >= 4 is 23.5 Å². The molecule has 3 rings (SSSR count). The first-order valence-electron chi connectivity index (χ1n) is 5.76. The van der Waals surface area contributed by atoms with E-state index in [9.17, 15) is 0 Å². The van der Waals surface area contributed by atoms with E-state index < -0.39 is 0 Å². The molecule has 3 aromatic rings. The van der Waals surface area contributed by atoms with Crippen LogP contribution in [-0.4, -0.2) is 9.97 Å². The van der Waals surface area contributed by atoms with Gasteiger partial charge in [-0.2, -0.15) is 0 Å². The van der Waals surface area contributed by atoms with E-state index in [1.54, 1.807) is 6.33 Å². The van der Waals surface area contributed by atoms with Gasteiger partial charge < -0.3 is 0 Å². The second-order valence-corrected chi connectivity index (χ2v) is 4.69. The van der Waals surface area contributed by atoms with Gasteiger partial charge in [0.05, 0.1) is 11.2 Å². The lowest BCUT2D eigenvalue weighted by Crippen LogP contribution is -1.91. The van der Waals surface area contributed by atoms with Crippen molar-refractivity contribution in [3.8, 4) is 11.3 Å². The van der Waals surface area contributed by atoms with Gasteiger partial charge in [-0.1, -0.05) is 36.4 Å². The first-order valence-corrected chi connectivity index (χ1v) is 6.21. The number of fused-ring (bicyclic) bond motifs is 1. The van der Waals surface area contributed by atoms with E-state index in [0.717, 1.165) is 32.6 Å². The fraction of sp³-hybridized carbons (Fsp3) is 0.0667. The molecule has 0 radical (unpaired) electrons. The Kier molecular flexibility index (Phi) is 2.76. The average Bonchev–Trinajstić information content (AvgIpc) is 2.40. The number of aryl methyl sites for hydroxylation is 1. The number of rotatable bonds is 1. The summed E-state index contributed by atoms with van der Waals surface area (Å²) in [6.45, 7) is 2.06. The zero-order valence-corrected chi connectivity index (χ0v) is 10.9. The quantitative estimate of drug-likeness (QED) is 0.665. The van der Waals surface area contributed by atoms with Crippen molar-refractivity contribution in [2.45, 2.75) is 11.8 Å². The van der Waals surface area contributed by atoms with Crippen LogP contribution in [0.15, 0.2) is 53.7 Å². The molecule has 0 bridgehead atoms. The van der Waals surface area contributed by atoms with E-state index in [1.165, 1.54) is 0 Å². The number of hydrogen-bond acceptors (Lipinski definition) is 3. The van der Waals surface area contributed by atoms with E-state index in [0.29, 0.717) is 0 Å². The fourth-order valence-corrected chi connectivity index (χ4v) is 2.39. The normalized spacial score (nSPS) is 10.8. The Labute approximate surface area is 111 Å². The molecule has 2 nitrogen and oxygen atoms in total. The van der Waals surface area contributed by atoms with Crippen LogP contribution in [0.5, 0.6) is 0 Å². The van der Waals surface area contributed by atoms with E-state index in [1.807, 2.05) is 30.3 Å². The zero-order chi connectivity index (χ0) is 12.5. The minimum Gasteiger partial charge on any atom is -0.236 e. The van der Waals surface area contributed by atoms with Crippen molar-refractivity contribution in [1.29, 1.82) is 0 Å². The van der Waals surface area contributed by atoms with Gasteiger partial charge in [0.15, 0.2) is 0 Å². The summed E-state index contributed by atoms with van der Waals surface area (Å²) in [5, 5.41) is 1.07. The predicted molar refractivity (Wildman–Crippen MR) is 77.0 cm³/mol. The molecule has 0 aliphatic rings. The number of thiol groups is 1. The first-order chi connectivity index (χ1) is 8.77. The van der Waals surface area contributed by atoms with Crippen molar-refractivity contribution in [3.05, 3.63) is 54.4 Å². The lowest BCUT2D eigenvalue weighted by molar-refractivity contribution is 1.20. The summed E-state index contributed by atoms with van der Waals surface area (Å²) in [5.41, 5.74) is 4.14. The lowest BCUT2D eigenvalue weighted by atomic mass is 10.0. The summed E-state index contributed by atoms with van der Waals surface area (Å²) < 4.78 is 0. The molecule has 88 valence electrons.